The number of halogens is 2. The lowest BCUT2D eigenvalue weighted by Gasteiger charge is -2.14. The first-order chi connectivity index (χ1) is 13.2. The van der Waals surface area contributed by atoms with Crippen LogP contribution in [-0.4, -0.2) is 18.0 Å². The van der Waals surface area contributed by atoms with Crippen LogP contribution in [0.1, 0.15) is 15.4 Å². The minimum Gasteiger partial charge on any atom is -0.454 e. The molecular weight excluding hydrogens is 490 g/mol. The van der Waals surface area contributed by atoms with E-state index in [4.69, 9.17) is 4.74 Å². The van der Waals surface area contributed by atoms with Crippen LogP contribution in [0, 0.1) is 12.7 Å². The van der Waals surface area contributed by atoms with Crippen molar-refractivity contribution >= 4 is 41.3 Å². The first-order valence-corrected chi connectivity index (χ1v) is 9.33. The van der Waals surface area contributed by atoms with Crippen LogP contribution in [0.4, 0.5) is 4.39 Å². The van der Waals surface area contributed by atoms with Crippen LogP contribution in [0.25, 0.3) is 0 Å². The maximum absolute atomic E-state index is 13.9. The second-order valence-corrected chi connectivity index (χ2v) is 7.10. The third-order valence-electron chi connectivity index (χ3n) is 3.78. The highest BCUT2D eigenvalue weighted by Gasteiger charge is 2.09. The number of thiazole rings is 1. The summed E-state index contributed by atoms with van der Waals surface area (Å²) in [5, 5.41) is 7.48. The van der Waals surface area contributed by atoms with Gasteiger partial charge in [0.2, 0.25) is 0 Å². The SMILES string of the molecule is CN=C(NCc1ncc(C)s1)NCc1ccccc1Oc1ccccc1F.I. The van der Waals surface area contributed by atoms with Crippen LogP contribution in [0.3, 0.4) is 0 Å². The van der Waals surface area contributed by atoms with Gasteiger partial charge >= 0.3 is 0 Å². The van der Waals surface area contributed by atoms with Crippen molar-refractivity contribution in [1.29, 1.82) is 0 Å². The third kappa shape index (κ3) is 6.16. The van der Waals surface area contributed by atoms with Gasteiger partial charge in [-0.05, 0) is 25.1 Å². The standard InChI is InChI=1S/C20H21FN4OS.HI/c1-14-11-23-19(27-14)13-25-20(22-2)24-12-15-7-3-5-9-17(15)26-18-10-6-4-8-16(18)21;/h3-11H,12-13H2,1-2H3,(H2,22,24,25);1H. The van der Waals surface area contributed by atoms with Crippen LogP contribution < -0.4 is 15.4 Å². The van der Waals surface area contributed by atoms with E-state index in [1.165, 1.54) is 10.9 Å². The number of aliphatic imine (C=N–C) groups is 1. The molecule has 0 radical (unpaired) electrons. The Hall–Kier alpha value is -2.20. The normalized spacial score (nSPS) is 10.9. The van der Waals surface area contributed by atoms with Crippen LogP contribution in [-0.2, 0) is 13.1 Å². The number of hydrogen-bond donors (Lipinski definition) is 2. The molecule has 0 saturated carbocycles. The number of aromatic nitrogens is 1. The van der Waals surface area contributed by atoms with Gasteiger partial charge in [-0.2, -0.15) is 0 Å². The van der Waals surface area contributed by atoms with Crippen molar-refractivity contribution in [3.8, 4) is 11.5 Å². The van der Waals surface area contributed by atoms with Gasteiger partial charge in [0, 0.05) is 30.2 Å². The molecule has 148 valence electrons. The van der Waals surface area contributed by atoms with Gasteiger partial charge in [0.25, 0.3) is 0 Å². The molecule has 0 saturated heterocycles. The number of nitrogens with zero attached hydrogens (tertiary/aromatic N) is 2. The lowest BCUT2D eigenvalue weighted by molar-refractivity contribution is 0.437. The summed E-state index contributed by atoms with van der Waals surface area (Å²) in [6.07, 6.45) is 1.86. The van der Waals surface area contributed by atoms with Gasteiger partial charge in [0.1, 0.15) is 10.8 Å². The fourth-order valence-corrected chi connectivity index (χ4v) is 3.16. The minimum atomic E-state index is -0.392. The predicted molar refractivity (Wildman–Crippen MR) is 122 cm³/mol. The Kier molecular flexibility index (Phi) is 8.65. The van der Waals surface area contributed by atoms with Crippen LogP contribution in [0.2, 0.25) is 0 Å². The fourth-order valence-electron chi connectivity index (χ4n) is 2.44. The third-order valence-corrected chi connectivity index (χ3v) is 4.69. The fraction of sp³-hybridized carbons (Fsp3) is 0.200. The Morgan fingerprint density at radius 1 is 1.07 bits per heavy atom. The van der Waals surface area contributed by atoms with E-state index in [0.717, 1.165) is 10.6 Å². The molecule has 0 bridgehead atoms. The molecule has 0 unspecified atom stereocenters. The molecule has 5 nitrogen and oxygen atoms in total. The predicted octanol–water partition coefficient (Wildman–Crippen LogP) is 4.87. The van der Waals surface area contributed by atoms with Gasteiger partial charge in [0.05, 0.1) is 6.54 Å². The quantitative estimate of drug-likeness (QED) is 0.281. The van der Waals surface area contributed by atoms with E-state index >= 15 is 0 Å². The number of guanidine groups is 1. The van der Waals surface area contributed by atoms with Crippen LogP contribution in [0.5, 0.6) is 11.5 Å². The number of benzene rings is 2. The molecule has 0 spiro atoms. The second kappa shape index (κ2) is 11.0. The topological polar surface area (TPSA) is 58.5 Å². The van der Waals surface area contributed by atoms with Gasteiger partial charge < -0.3 is 15.4 Å². The summed E-state index contributed by atoms with van der Waals surface area (Å²) in [6, 6.07) is 13.9. The smallest absolute Gasteiger partial charge is 0.191 e. The molecule has 0 aliphatic carbocycles. The zero-order valence-corrected chi connectivity index (χ0v) is 18.8. The Morgan fingerprint density at radius 3 is 2.43 bits per heavy atom. The van der Waals surface area contributed by atoms with Gasteiger partial charge in [-0.1, -0.05) is 30.3 Å². The van der Waals surface area contributed by atoms with Crippen molar-refractivity contribution in [3.63, 3.8) is 0 Å². The van der Waals surface area contributed by atoms with E-state index in [2.05, 4.69) is 20.6 Å². The molecule has 0 atom stereocenters. The van der Waals surface area contributed by atoms with Crippen LogP contribution in [0.15, 0.2) is 59.7 Å². The highest BCUT2D eigenvalue weighted by Crippen LogP contribution is 2.27. The Labute approximate surface area is 185 Å². The summed E-state index contributed by atoms with van der Waals surface area (Å²) in [4.78, 5) is 9.73. The number of para-hydroxylation sites is 2. The summed E-state index contributed by atoms with van der Waals surface area (Å²) in [6.45, 7) is 3.12. The van der Waals surface area contributed by atoms with Crippen molar-refractivity contribution in [2.75, 3.05) is 7.05 Å². The molecule has 28 heavy (non-hydrogen) atoms. The molecule has 0 aliphatic heterocycles. The molecule has 1 aromatic heterocycles. The van der Waals surface area contributed by atoms with E-state index < -0.39 is 5.82 Å². The zero-order chi connectivity index (χ0) is 19.1. The molecule has 0 amide bonds. The van der Waals surface area contributed by atoms with Crippen molar-refractivity contribution in [1.82, 2.24) is 15.6 Å². The largest absolute Gasteiger partial charge is 0.454 e. The van der Waals surface area contributed by atoms with Gasteiger partial charge in [-0.3, -0.25) is 4.99 Å². The number of rotatable bonds is 6. The number of nitrogens with one attached hydrogen (secondary N) is 2. The average molecular weight is 512 g/mol. The zero-order valence-electron chi connectivity index (χ0n) is 15.6. The summed E-state index contributed by atoms with van der Waals surface area (Å²) >= 11 is 1.65. The minimum absolute atomic E-state index is 0. The molecule has 2 aromatic carbocycles. The number of ether oxygens (including phenoxy) is 1. The lowest BCUT2D eigenvalue weighted by atomic mass is 10.2. The summed E-state index contributed by atoms with van der Waals surface area (Å²) in [5.74, 6) is 1.06. The number of hydrogen-bond acceptors (Lipinski definition) is 4. The molecule has 0 fully saturated rings. The maximum Gasteiger partial charge on any atom is 0.191 e. The maximum atomic E-state index is 13.9. The van der Waals surface area contributed by atoms with Crippen molar-refractivity contribution in [2.45, 2.75) is 20.0 Å². The van der Waals surface area contributed by atoms with Crippen molar-refractivity contribution in [3.05, 3.63) is 76.0 Å². The van der Waals surface area contributed by atoms with Gasteiger partial charge in [0.15, 0.2) is 17.5 Å². The van der Waals surface area contributed by atoms with Gasteiger partial charge in [-0.25, -0.2) is 9.37 Å². The van der Waals surface area contributed by atoms with Crippen molar-refractivity contribution in [2.24, 2.45) is 4.99 Å². The first-order valence-electron chi connectivity index (χ1n) is 8.52. The van der Waals surface area contributed by atoms with Crippen molar-refractivity contribution < 1.29 is 9.13 Å². The summed E-state index contributed by atoms with van der Waals surface area (Å²) in [7, 11) is 1.71. The highest BCUT2D eigenvalue weighted by molar-refractivity contribution is 14.0. The summed E-state index contributed by atoms with van der Waals surface area (Å²) < 4.78 is 19.6. The molecule has 1 heterocycles. The van der Waals surface area contributed by atoms with Gasteiger partial charge in [-0.15, -0.1) is 35.3 Å². The molecular formula is C20H22FIN4OS. The Balaban J connectivity index is 0.00000280. The molecule has 3 rings (SSSR count). The van der Waals surface area contributed by atoms with E-state index in [-0.39, 0.29) is 29.7 Å². The van der Waals surface area contributed by atoms with Crippen LogP contribution >= 0.6 is 35.3 Å². The molecule has 0 aliphatic rings. The molecule has 2 N–H and O–H groups in total. The van der Waals surface area contributed by atoms with E-state index in [1.54, 1.807) is 36.6 Å². The van der Waals surface area contributed by atoms with E-state index in [1.807, 2.05) is 37.4 Å². The first kappa shape index (κ1) is 22.1. The lowest BCUT2D eigenvalue weighted by Crippen LogP contribution is -2.36. The second-order valence-electron chi connectivity index (χ2n) is 5.78. The Bertz CT molecular complexity index is 932. The monoisotopic (exact) mass is 512 g/mol. The Morgan fingerprint density at radius 2 is 1.75 bits per heavy atom. The molecule has 8 heteroatoms. The average Bonchev–Trinajstić information content (AvgIpc) is 3.10. The summed E-state index contributed by atoms with van der Waals surface area (Å²) in [5.41, 5.74) is 0.897. The molecule has 3 aromatic rings. The van der Waals surface area contributed by atoms with E-state index in [9.17, 15) is 4.39 Å². The number of aryl methyl sites for hydroxylation is 1. The highest BCUT2D eigenvalue weighted by atomic mass is 127. The van der Waals surface area contributed by atoms with E-state index in [0.29, 0.717) is 24.8 Å².